The molecule has 6 nitrogen and oxygen atoms in total. The minimum absolute atomic E-state index is 0.00795. The summed E-state index contributed by atoms with van der Waals surface area (Å²) in [6.45, 7) is 7.25. The molecule has 0 bridgehead atoms. The molecule has 188 valence electrons. The van der Waals surface area contributed by atoms with Gasteiger partial charge in [-0.15, -0.1) is 0 Å². The van der Waals surface area contributed by atoms with Crippen molar-refractivity contribution < 1.29 is 29.3 Å². The van der Waals surface area contributed by atoms with Crippen LogP contribution in [-0.4, -0.2) is 50.4 Å². The Labute approximate surface area is 210 Å². The molecule has 0 aromatic heterocycles. The van der Waals surface area contributed by atoms with Crippen molar-refractivity contribution in [2.45, 2.75) is 88.7 Å². The van der Waals surface area contributed by atoms with Crippen LogP contribution < -0.4 is 0 Å². The zero-order chi connectivity index (χ0) is 25.1. The molecule has 2 N–H and O–H groups in total. The van der Waals surface area contributed by atoms with E-state index >= 15 is 0 Å². The summed E-state index contributed by atoms with van der Waals surface area (Å²) in [5.41, 5.74) is -1.81. The van der Waals surface area contributed by atoms with Gasteiger partial charge in [-0.1, -0.05) is 61.7 Å². The average Bonchev–Trinajstić information content (AvgIpc) is 3.00. The lowest BCUT2D eigenvalue weighted by atomic mass is 9.46. The molecule has 0 saturated heterocycles. The maximum Gasteiger partial charge on any atom is 0.306 e. The van der Waals surface area contributed by atoms with E-state index in [1.807, 2.05) is 26.8 Å². The van der Waals surface area contributed by atoms with E-state index in [0.717, 1.165) is 24.8 Å². The minimum Gasteiger partial charge on any atom is -0.450 e. The molecule has 8 atom stereocenters. The lowest BCUT2D eigenvalue weighted by molar-refractivity contribution is -0.202. The van der Waals surface area contributed by atoms with Crippen LogP contribution in [0.3, 0.4) is 0 Å². The lowest BCUT2D eigenvalue weighted by Gasteiger charge is -2.64. The van der Waals surface area contributed by atoms with E-state index in [0.29, 0.717) is 12.8 Å². The Morgan fingerprint density at radius 3 is 2.62 bits per heavy atom. The third-order valence-electron chi connectivity index (χ3n) is 9.75. The van der Waals surface area contributed by atoms with Gasteiger partial charge < -0.3 is 14.9 Å². The number of esters is 1. The predicted octanol–water partition coefficient (Wildman–Crippen LogP) is 4.06. The van der Waals surface area contributed by atoms with Crippen LogP contribution in [-0.2, 0) is 19.1 Å². The second-order valence-corrected chi connectivity index (χ2v) is 12.6. The number of aliphatic hydroxyl groups is 2. The number of halogens is 1. The first-order valence-corrected chi connectivity index (χ1v) is 13.4. The van der Waals surface area contributed by atoms with Crippen LogP contribution in [0.25, 0.3) is 0 Å². The van der Waals surface area contributed by atoms with E-state index in [2.05, 4.69) is 22.9 Å². The van der Waals surface area contributed by atoms with Gasteiger partial charge in [0.05, 0.1) is 10.4 Å². The Kier molecular flexibility index (Phi) is 6.57. The van der Waals surface area contributed by atoms with Crippen molar-refractivity contribution in [3.63, 3.8) is 0 Å². The number of hydrogen-bond acceptors (Lipinski definition) is 6. The molecular weight excluding hydrogens is 500 g/mol. The molecule has 4 aliphatic rings. The average molecular weight is 537 g/mol. The summed E-state index contributed by atoms with van der Waals surface area (Å²) in [5, 5.41) is 21.8. The summed E-state index contributed by atoms with van der Waals surface area (Å²) in [4.78, 5) is 38.4. The van der Waals surface area contributed by atoms with Crippen LogP contribution in [0.15, 0.2) is 23.8 Å². The normalized spacial score (nSPS) is 45.1. The largest absolute Gasteiger partial charge is 0.450 e. The van der Waals surface area contributed by atoms with Gasteiger partial charge in [0.2, 0.25) is 5.78 Å². The molecule has 0 aromatic carbocycles. The van der Waals surface area contributed by atoms with Gasteiger partial charge in [-0.05, 0) is 56.1 Å². The first-order valence-electron chi connectivity index (χ1n) is 12.6. The van der Waals surface area contributed by atoms with Crippen molar-refractivity contribution in [2.24, 2.45) is 28.6 Å². The molecule has 0 aromatic rings. The number of rotatable bonds is 6. The zero-order valence-electron chi connectivity index (χ0n) is 20.6. The van der Waals surface area contributed by atoms with Crippen molar-refractivity contribution >= 4 is 33.5 Å². The van der Waals surface area contributed by atoms with Crippen molar-refractivity contribution in [3.8, 4) is 0 Å². The molecule has 4 aliphatic carbocycles. The van der Waals surface area contributed by atoms with Gasteiger partial charge in [-0.2, -0.15) is 0 Å². The molecule has 0 heterocycles. The predicted molar refractivity (Wildman–Crippen MR) is 131 cm³/mol. The summed E-state index contributed by atoms with van der Waals surface area (Å²) in [6.07, 6.45) is 8.49. The third kappa shape index (κ3) is 3.22. The smallest absolute Gasteiger partial charge is 0.306 e. The van der Waals surface area contributed by atoms with Gasteiger partial charge in [0.15, 0.2) is 11.4 Å². The van der Waals surface area contributed by atoms with Gasteiger partial charge in [-0.3, -0.25) is 14.4 Å². The number of aliphatic hydroxyl groups excluding tert-OH is 2. The molecule has 0 amide bonds. The van der Waals surface area contributed by atoms with E-state index in [9.17, 15) is 24.6 Å². The molecule has 3 fully saturated rings. The van der Waals surface area contributed by atoms with E-state index in [4.69, 9.17) is 4.74 Å². The second-order valence-electron chi connectivity index (χ2n) is 11.3. The van der Waals surface area contributed by atoms with Gasteiger partial charge >= 0.3 is 5.97 Å². The van der Waals surface area contributed by atoms with Crippen molar-refractivity contribution in [2.75, 3.05) is 6.61 Å². The number of alkyl halides is 1. The number of carbonyl (C=O) groups is 3. The second kappa shape index (κ2) is 8.67. The molecule has 0 radical (unpaired) electrons. The number of hydrogen-bond donors (Lipinski definition) is 2. The third-order valence-corrected chi connectivity index (χ3v) is 11.7. The highest BCUT2D eigenvalue weighted by Crippen LogP contribution is 2.72. The molecule has 0 aliphatic heterocycles. The monoisotopic (exact) mass is 536 g/mol. The van der Waals surface area contributed by atoms with E-state index in [-0.39, 0.29) is 36.4 Å². The standard InChI is InChI=1S/C27H37BrO6/c1-5-6-7-23(33)34-27(22(32)15-29)16(2)12-20-19-9-8-17-13-18(30)10-11-24(17,3)26(19,28)21(31)14-25(20,27)4/h10-11,13,16,19-21,29,31H,5-9,12,14-15H2,1-4H3/t16-,19-,20-,21?,24-,25-,26+,27-/m0/s1. The van der Waals surface area contributed by atoms with Crippen molar-refractivity contribution in [3.05, 3.63) is 23.8 Å². The fourth-order valence-corrected chi connectivity index (χ4v) is 9.16. The van der Waals surface area contributed by atoms with E-state index in [1.54, 1.807) is 12.2 Å². The first-order chi connectivity index (χ1) is 15.9. The van der Waals surface area contributed by atoms with Gasteiger partial charge in [0.25, 0.3) is 0 Å². The highest BCUT2D eigenvalue weighted by atomic mass is 79.9. The summed E-state index contributed by atoms with van der Waals surface area (Å²) in [6, 6.07) is 0. The number of fused-ring (bicyclic) bond motifs is 5. The Morgan fingerprint density at radius 2 is 1.97 bits per heavy atom. The molecule has 3 saturated carbocycles. The topological polar surface area (TPSA) is 101 Å². The molecule has 4 rings (SSSR count). The van der Waals surface area contributed by atoms with Gasteiger partial charge in [0.1, 0.15) is 6.61 Å². The van der Waals surface area contributed by atoms with Crippen LogP contribution >= 0.6 is 15.9 Å². The van der Waals surface area contributed by atoms with Gasteiger partial charge in [0, 0.05) is 23.2 Å². The van der Waals surface area contributed by atoms with Crippen LogP contribution in [0, 0.1) is 28.6 Å². The number of unbranched alkanes of at least 4 members (excludes halogenated alkanes) is 1. The number of ketones is 2. The summed E-state index contributed by atoms with van der Waals surface area (Å²) >= 11 is 4.02. The Balaban J connectivity index is 1.80. The molecule has 34 heavy (non-hydrogen) atoms. The molecular formula is C27H37BrO6. The lowest BCUT2D eigenvalue weighted by Crippen LogP contribution is -2.69. The summed E-state index contributed by atoms with van der Waals surface area (Å²) < 4.78 is 5.39. The molecule has 7 heteroatoms. The maximum absolute atomic E-state index is 13.4. The van der Waals surface area contributed by atoms with Crippen LogP contribution in [0.1, 0.15) is 72.6 Å². The zero-order valence-corrected chi connectivity index (χ0v) is 22.2. The van der Waals surface area contributed by atoms with E-state index < -0.39 is 45.2 Å². The van der Waals surface area contributed by atoms with Gasteiger partial charge in [-0.25, -0.2) is 0 Å². The van der Waals surface area contributed by atoms with Crippen molar-refractivity contribution in [1.29, 1.82) is 0 Å². The number of carbonyl (C=O) groups excluding carboxylic acids is 3. The molecule has 1 unspecified atom stereocenters. The quantitative estimate of drug-likeness (QED) is 0.392. The Hall–Kier alpha value is -1.31. The Morgan fingerprint density at radius 1 is 1.26 bits per heavy atom. The van der Waals surface area contributed by atoms with Crippen LogP contribution in [0.4, 0.5) is 0 Å². The van der Waals surface area contributed by atoms with Crippen molar-refractivity contribution in [1.82, 2.24) is 0 Å². The minimum atomic E-state index is -1.47. The van der Waals surface area contributed by atoms with Crippen LogP contribution in [0.2, 0.25) is 0 Å². The fourth-order valence-electron chi connectivity index (χ4n) is 8.07. The number of allylic oxidation sites excluding steroid dienone is 4. The number of Topliss-reactive ketones (excluding diaryl/α,β-unsaturated/α-hetero) is 1. The highest BCUT2D eigenvalue weighted by Gasteiger charge is 2.76. The summed E-state index contributed by atoms with van der Waals surface area (Å²) in [5.74, 6) is -1.23. The highest BCUT2D eigenvalue weighted by molar-refractivity contribution is 9.10. The van der Waals surface area contributed by atoms with Crippen LogP contribution in [0.5, 0.6) is 0 Å². The first kappa shape index (κ1) is 25.8. The maximum atomic E-state index is 13.4. The Bertz CT molecular complexity index is 957. The van der Waals surface area contributed by atoms with E-state index in [1.165, 1.54) is 0 Å². The fraction of sp³-hybridized carbons (Fsp3) is 0.741. The SMILES string of the molecule is CCCCC(=O)O[C@]1(C(=O)CO)[C@@H](C)C[C@H]2[C@@H]3CCC4=CC(=O)C=C[C@]4(C)[C@]3(Br)C(O)C[C@@]21C. The number of ether oxygens (including phenoxy) is 1. The summed E-state index contributed by atoms with van der Waals surface area (Å²) in [7, 11) is 0. The molecule has 0 spiro atoms.